The van der Waals surface area contributed by atoms with E-state index in [9.17, 15) is 24.8 Å². The number of aromatic nitrogens is 3. The van der Waals surface area contributed by atoms with Crippen LogP contribution in [0.25, 0.3) is 11.0 Å². The highest BCUT2D eigenvalue weighted by Gasteiger charge is 2.42. The SMILES string of the molecule is Cn1ccc2c(=O)n(CC3(O)CCN(C(=O)[C@@H]4CCN(C(=O)c5sc(Br)cc5C#N)C[C@H]4c4ccccc4)CC3)cnc21. The highest BCUT2D eigenvalue weighted by atomic mass is 79.9. The van der Waals surface area contributed by atoms with E-state index >= 15 is 0 Å². The van der Waals surface area contributed by atoms with Crippen LogP contribution in [-0.2, 0) is 18.4 Å². The molecule has 222 valence electrons. The van der Waals surface area contributed by atoms with Gasteiger partial charge < -0.3 is 19.5 Å². The zero-order chi connectivity index (χ0) is 30.3. The molecule has 0 bridgehead atoms. The summed E-state index contributed by atoms with van der Waals surface area (Å²) in [6.07, 6.45) is 4.45. The minimum atomic E-state index is -1.13. The van der Waals surface area contributed by atoms with Crippen LogP contribution < -0.4 is 5.56 Å². The second kappa shape index (κ2) is 11.7. The fourth-order valence-electron chi connectivity index (χ4n) is 6.36. The third kappa shape index (κ3) is 5.64. The van der Waals surface area contributed by atoms with E-state index in [0.717, 1.165) is 9.35 Å². The Morgan fingerprint density at radius 1 is 1.16 bits per heavy atom. The third-order valence-electron chi connectivity index (χ3n) is 8.78. The normalized spacial score (nSPS) is 20.2. The van der Waals surface area contributed by atoms with E-state index in [1.165, 1.54) is 22.2 Å². The van der Waals surface area contributed by atoms with Gasteiger partial charge in [-0.3, -0.25) is 19.0 Å². The molecule has 2 amide bonds. The van der Waals surface area contributed by atoms with Gasteiger partial charge in [-0.1, -0.05) is 30.3 Å². The first kappa shape index (κ1) is 29.3. The van der Waals surface area contributed by atoms with Gasteiger partial charge >= 0.3 is 0 Å². The minimum Gasteiger partial charge on any atom is -0.388 e. The van der Waals surface area contributed by atoms with Crippen molar-refractivity contribution in [2.24, 2.45) is 13.0 Å². The standard InChI is InChI=1S/C31H31BrN6O4S/c1-35-11-7-23-27(35)34-19-38(29(23)40)18-31(42)9-13-36(14-10-31)28(39)22-8-12-37(17-24(22)20-5-3-2-4-6-20)30(41)26-21(16-33)15-25(32)43-26/h2-7,11,15,19,22,24,42H,8-10,12-14,17-18H2,1H3/t22-,24+/m1/s1. The molecule has 3 aromatic heterocycles. The number of carbonyl (C=O) groups is 2. The van der Waals surface area contributed by atoms with Crippen molar-refractivity contribution in [3.8, 4) is 6.07 Å². The molecule has 10 nitrogen and oxygen atoms in total. The first-order chi connectivity index (χ1) is 20.7. The second-order valence-corrected chi connectivity index (χ2v) is 13.9. The molecule has 2 atom stereocenters. The Morgan fingerprint density at radius 2 is 1.91 bits per heavy atom. The van der Waals surface area contributed by atoms with Gasteiger partial charge in [-0.05, 0) is 52.9 Å². The average Bonchev–Trinajstić information content (AvgIpc) is 3.60. The summed E-state index contributed by atoms with van der Waals surface area (Å²) < 4.78 is 3.97. The molecule has 0 radical (unpaired) electrons. The predicted octanol–water partition coefficient (Wildman–Crippen LogP) is 3.73. The van der Waals surface area contributed by atoms with Crippen LogP contribution >= 0.6 is 27.3 Å². The quantitative estimate of drug-likeness (QED) is 0.347. The van der Waals surface area contributed by atoms with Crippen LogP contribution in [0.3, 0.4) is 0 Å². The third-order valence-corrected chi connectivity index (χ3v) is 10.4. The van der Waals surface area contributed by atoms with Crippen molar-refractivity contribution < 1.29 is 14.7 Å². The molecule has 1 aromatic carbocycles. The van der Waals surface area contributed by atoms with Crippen molar-refractivity contribution in [1.82, 2.24) is 23.9 Å². The van der Waals surface area contributed by atoms with Crippen molar-refractivity contribution in [1.29, 1.82) is 5.26 Å². The van der Waals surface area contributed by atoms with E-state index in [2.05, 4.69) is 27.0 Å². The molecule has 0 spiro atoms. The number of rotatable bonds is 5. The Kier molecular flexibility index (Phi) is 7.98. The maximum atomic E-state index is 14.0. The molecule has 0 saturated carbocycles. The first-order valence-corrected chi connectivity index (χ1v) is 15.8. The summed E-state index contributed by atoms with van der Waals surface area (Å²) in [7, 11) is 1.83. The number of aliphatic hydroxyl groups is 1. The van der Waals surface area contributed by atoms with Gasteiger partial charge in [0.2, 0.25) is 5.91 Å². The molecule has 0 aliphatic carbocycles. The molecular formula is C31H31BrN6O4S. The number of benzene rings is 1. The van der Waals surface area contributed by atoms with E-state index in [1.54, 1.807) is 27.8 Å². The zero-order valence-electron chi connectivity index (χ0n) is 23.6. The summed E-state index contributed by atoms with van der Waals surface area (Å²) in [4.78, 5) is 48.8. The summed E-state index contributed by atoms with van der Waals surface area (Å²) in [6.45, 7) is 1.65. The highest BCUT2D eigenvalue weighted by molar-refractivity contribution is 9.11. The number of thiophene rings is 1. The summed E-state index contributed by atoms with van der Waals surface area (Å²) in [5.74, 6) is -0.705. The maximum Gasteiger partial charge on any atom is 0.265 e. The monoisotopic (exact) mass is 662 g/mol. The summed E-state index contributed by atoms with van der Waals surface area (Å²) in [5, 5.41) is 21.4. The first-order valence-electron chi connectivity index (χ1n) is 14.2. The number of fused-ring (bicyclic) bond motifs is 1. The van der Waals surface area contributed by atoms with Gasteiger partial charge in [-0.15, -0.1) is 11.3 Å². The van der Waals surface area contributed by atoms with Gasteiger partial charge in [0.1, 0.15) is 22.9 Å². The molecule has 0 unspecified atom stereocenters. The number of hydrogen-bond acceptors (Lipinski definition) is 7. The lowest BCUT2D eigenvalue weighted by Crippen LogP contribution is -2.53. The Bertz CT molecular complexity index is 1780. The van der Waals surface area contributed by atoms with E-state index in [1.807, 2.05) is 42.3 Å². The maximum absolute atomic E-state index is 14.0. The van der Waals surface area contributed by atoms with Crippen molar-refractivity contribution in [3.05, 3.63) is 85.1 Å². The van der Waals surface area contributed by atoms with Crippen LogP contribution in [0.5, 0.6) is 0 Å². The van der Waals surface area contributed by atoms with Crippen molar-refractivity contribution in [2.75, 3.05) is 26.2 Å². The Hall–Kier alpha value is -3.79. The molecule has 1 N–H and O–H groups in total. The van der Waals surface area contributed by atoms with Gasteiger partial charge in [-0.2, -0.15) is 5.26 Å². The fourth-order valence-corrected chi connectivity index (χ4v) is 7.88. The number of likely N-dealkylation sites (tertiary alicyclic amines) is 2. The van der Waals surface area contributed by atoms with E-state index in [4.69, 9.17) is 0 Å². The van der Waals surface area contributed by atoms with E-state index < -0.39 is 5.60 Å². The molecule has 2 fully saturated rings. The number of hydrogen-bond donors (Lipinski definition) is 1. The van der Waals surface area contributed by atoms with E-state index in [-0.39, 0.29) is 35.8 Å². The predicted molar refractivity (Wildman–Crippen MR) is 166 cm³/mol. The van der Waals surface area contributed by atoms with Crippen LogP contribution in [0.1, 0.15) is 46.0 Å². The average molecular weight is 664 g/mol. The summed E-state index contributed by atoms with van der Waals surface area (Å²) >= 11 is 4.63. The second-order valence-electron chi connectivity index (χ2n) is 11.5. The van der Waals surface area contributed by atoms with Crippen LogP contribution in [0, 0.1) is 17.2 Å². The van der Waals surface area contributed by atoms with Crippen molar-refractivity contribution in [3.63, 3.8) is 0 Å². The number of amides is 2. The Labute approximate surface area is 260 Å². The van der Waals surface area contributed by atoms with Crippen LogP contribution in [-0.4, -0.2) is 72.6 Å². The van der Waals surface area contributed by atoms with E-state index in [0.29, 0.717) is 66.9 Å². The molecule has 5 heterocycles. The molecular weight excluding hydrogens is 632 g/mol. The summed E-state index contributed by atoms with van der Waals surface area (Å²) in [6, 6.07) is 15.3. The highest BCUT2D eigenvalue weighted by Crippen LogP contribution is 2.37. The van der Waals surface area contributed by atoms with Crippen LogP contribution in [0.15, 0.2) is 63.6 Å². The number of aryl methyl sites for hydroxylation is 1. The molecule has 12 heteroatoms. The molecule has 2 aliphatic heterocycles. The minimum absolute atomic E-state index is 0.0177. The molecule has 43 heavy (non-hydrogen) atoms. The lowest BCUT2D eigenvalue weighted by atomic mass is 9.79. The van der Waals surface area contributed by atoms with Gasteiger partial charge in [0, 0.05) is 51.3 Å². The molecule has 4 aromatic rings. The van der Waals surface area contributed by atoms with Gasteiger partial charge in [0.25, 0.3) is 11.5 Å². The Balaban J connectivity index is 1.16. The van der Waals surface area contributed by atoms with Gasteiger partial charge in [-0.25, -0.2) is 4.98 Å². The molecule has 6 rings (SSSR count). The van der Waals surface area contributed by atoms with Crippen molar-refractivity contribution >= 4 is 50.1 Å². The van der Waals surface area contributed by atoms with Gasteiger partial charge in [0.15, 0.2) is 0 Å². The number of nitriles is 1. The Morgan fingerprint density at radius 3 is 2.63 bits per heavy atom. The number of carbonyl (C=O) groups excluding carboxylic acids is 2. The molecule has 2 saturated heterocycles. The topological polar surface area (TPSA) is 124 Å². The van der Waals surface area contributed by atoms with Crippen LogP contribution in [0.2, 0.25) is 0 Å². The number of halogens is 1. The largest absolute Gasteiger partial charge is 0.388 e. The lowest BCUT2D eigenvalue weighted by Gasteiger charge is -2.43. The lowest BCUT2D eigenvalue weighted by molar-refractivity contribution is -0.142. The van der Waals surface area contributed by atoms with Crippen LogP contribution in [0.4, 0.5) is 0 Å². The number of piperidine rings is 2. The molecule has 2 aliphatic rings. The van der Waals surface area contributed by atoms with Crippen molar-refractivity contribution in [2.45, 2.75) is 37.3 Å². The smallest absolute Gasteiger partial charge is 0.265 e. The summed E-state index contributed by atoms with van der Waals surface area (Å²) in [5.41, 5.74) is 0.610. The van der Waals surface area contributed by atoms with Gasteiger partial charge in [0.05, 0.1) is 26.9 Å². The number of nitrogens with zero attached hydrogens (tertiary/aromatic N) is 6. The zero-order valence-corrected chi connectivity index (χ0v) is 26.1. The fraction of sp³-hybridized carbons (Fsp3) is 0.387.